The van der Waals surface area contributed by atoms with E-state index in [2.05, 4.69) is 31.9 Å². The number of nitrogens with one attached hydrogen (secondary N) is 3. The number of halogens is 1. The topological polar surface area (TPSA) is 70.2 Å². The van der Waals surface area contributed by atoms with Crippen LogP contribution in [0.25, 0.3) is 0 Å². The maximum absolute atomic E-state index is 12.5. The van der Waals surface area contributed by atoms with Crippen LogP contribution >= 0.6 is 15.9 Å². The first-order chi connectivity index (χ1) is 13.5. The van der Waals surface area contributed by atoms with Crippen molar-refractivity contribution >= 4 is 44.8 Å². The molecule has 0 aliphatic rings. The van der Waals surface area contributed by atoms with E-state index in [0.29, 0.717) is 11.3 Å². The number of benzene rings is 3. The number of rotatable bonds is 6. The van der Waals surface area contributed by atoms with E-state index in [1.807, 2.05) is 67.6 Å². The first kappa shape index (κ1) is 19.6. The van der Waals surface area contributed by atoms with Crippen LogP contribution in [0.4, 0.5) is 17.1 Å². The Balaban J connectivity index is 1.64. The standard InChI is InChI=1S/C22H20BrN3O2/c1-15-11-12-16(22(28)25-17-7-3-2-4-8-17)13-20(15)24-14-21(27)26-19-10-6-5-9-18(19)23/h2-13,24H,14H2,1H3,(H,25,28)(H,26,27). The number of hydrogen-bond acceptors (Lipinski definition) is 3. The number of para-hydroxylation sites is 2. The van der Waals surface area contributed by atoms with Crippen LogP contribution in [-0.2, 0) is 4.79 Å². The number of aryl methyl sites for hydroxylation is 1. The Hall–Kier alpha value is -3.12. The molecular formula is C22H20BrN3O2. The third-order valence-corrected chi connectivity index (χ3v) is 4.81. The molecule has 2 amide bonds. The molecule has 3 N–H and O–H groups in total. The van der Waals surface area contributed by atoms with E-state index in [4.69, 9.17) is 0 Å². The summed E-state index contributed by atoms with van der Waals surface area (Å²) in [7, 11) is 0. The minimum absolute atomic E-state index is 0.0892. The third kappa shape index (κ3) is 5.20. The van der Waals surface area contributed by atoms with E-state index in [1.165, 1.54) is 0 Å². The molecule has 0 aliphatic heterocycles. The molecule has 5 nitrogen and oxygen atoms in total. The highest BCUT2D eigenvalue weighted by Crippen LogP contribution is 2.21. The van der Waals surface area contributed by atoms with Crippen molar-refractivity contribution < 1.29 is 9.59 Å². The van der Waals surface area contributed by atoms with Gasteiger partial charge in [0, 0.05) is 21.4 Å². The Kier molecular flexibility index (Phi) is 6.45. The van der Waals surface area contributed by atoms with E-state index < -0.39 is 0 Å². The minimum atomic E-state index is -0.202. The number of carbonyl (C=O) groups excluding carboxylic acids is 2. The fourth-order valence-electron chi connectivity index (χ4n) is 2.61. The minimum Gasteiger partial charge on any atom is -0.376 e. The second-order valence-corrected chi connectivity index (χ2v) is 7.09. The summed E-state index contributed by atoms with van der Waals surface area (Å²) in [6.07, 6.45) is 0. The zero-order valence-corrected chi connectivity index (χ0v) is 16.9. The number of hydrogen-bond donors (Lipinski definition) is 3. The maximum atomic E-state index is 12.5. The highest BCUT2D eigenvalue weighted by atomic mass is 79.9. The van der Waals surface area contributed by atoms with Gasteiger partial charge in [-0.3, -0.25) is 9.59 Å². The van der Waals surface area contributed by atoms with Gasteiger partial charge in [0.05, 0.1) is 12.2 Å². The van der Waals surface area contributed by atoms with E-state index in [9.17, 15) is 9.59 Å². The molecule has 3 aromatic carbocycles. The van der Waals surface area contributed by atoms with Crippen molar-refractivity contribution in [2.24, 2.45) is 0 Å². The quantitative estimate of drug-likeness (QED) is 0.504. The van der Waals surface area contributed by atoms with E-state index in [-0.39, 0.29) is 18.4 Å². The molecule has 0 radical (unpaired) electrons. The Morgan fingerprint density at radius 3 is 2.32 bits per heavy atom. The average molecular weight is 438 g/mol. The Bertz CT molecular complexity index is 990. The van der Waals surface area contributed by atoms with Crippen LogP contribution in [-0.4, -0.2) is 18.4 Å². The normalized spacial score (nSPS) is 10.2. The van der Waals surface area contributed by atoms with E-state index >= 15 is 0 Å². The Morgan fingerprint density at radius 1 is 0.857 bits per heavy atom. The molecule has 28 heavy (non-hydrogen) atoms. The largest absolute Gasteiger partial charge is 0.376 e. The molecule has 0 heterocycles. The second kappa shape index (κ2) is 9.19. The number of carbonyl (C=O) groups is 2. The lowest BCUT2D eigenvalue weighted by Crippen LogP contribution is -2.22. The molecule has 6 heteroatoms. The van der Waals surface area contributed by atoms with Gasteiger partial charge in [-0.25, -0.2) is 0 Å². The van der Waals surface area contributed by atoms with Crippen molar-refractivity contribution in [1.29, 1.82) is 0 Å². The van der Waals surface area contributed by atoms with Crippen LogP contribution in [0, 0.1) is 6.92 Å². The van der Waals surface area contributed by atoms with Gasteiger partial charge in [-0.2, -0.15) is 0 Å². The van der Waals surface area contributed by atoms with Gasteiger partial charge in [0.2, 0.25) is 5.91 Å². The summed E-state index contributed by atoms with van der Waals surface area (Å²) in [6.45, 7) is 2.01. The van der Waals surface area contributed by atoms with Gasteiger partial charge in [0.15, 0.2) is 0 Å². The predicted octanol–water partition coefficient (Wildman–Crippen LogP) is 5.06. The molecule has 0 bridgehead atoms. The van der Waals surface area contributed by atoms with E-state index in [0.717, 1.165) is 21.4 Å². The SMILES string of the molecule is Cc1ccc(C(=O)Nc2ccccc2)cc1NCC(=O)Nc1ccccc1Br. The van der Waals surface area contributed by atoms with Gasteiger partial charge >= 0.3 is 0 Å². The molecule has 0 unspecified atom stereocenters. The molecule has 0 aromatic heterocycles. The summed E-state index contributed by atoms with van der Waals surface area (Å²) in [5.74, 6) is -0.377. The maximum Gasteiger partial charge on any atom is 0.255 e. The first-order valence-electron chi connectivity index (χ1n) is 8.78. The van der Waals surface area contributed by atoms with Crippen molar-refractivity contribution in [2.45, 2.75) is 6.92 Å². The van der Waals surface area contributed by atoms with Crippen LogP contribution < -0.4 is 16.0 Å². The third-order valence-electron chi connectivity index (χ3n) is 4.12. The summed E-state index contributed by atoms with van der Waals surface area (Å²) in [5, 5.41) is 8.80. The van der Waals surface area contributed by atoms with E-state index in [1.54, 1.807) is 12.1 Å². The van der Waals surface area contributed by atoms with Crippen LogP contribution in [0.2, 0.25) is 0 Å². The van der Waals surface area contributed by atoms with Crippen LogP contribution in [0.5, 0.6) is 0 Å². The summed E-state index contributed by atoms with van der Waals surface area (Å²) in [5.41, 5.74) is 3.65. The summed E-state index contributed by atoms with van der Waals surface area (Å²) in [4.78, 5) is 24.7. The fraction of sp³-hybridized carbons (Fsp3) is 0.0909. The molecule has 0 spiro atoms. The number of amides is 2. The number of anilines is 3. The van der Waals surface area contributed by atoms with Crippen molar-refractivity contribution in [2.75, 3.05) is 22.5 Å². The second-order valence-electron chi connectivity index (χ2n) is 6.23. The van der Waals surface area contributed by atoms with Crippen molar-refractivity contribution in [3.63, 3.8) is 0 Å². The highest BCUT2D eigenvalue weighted by molar-refractivity contribution is 9.10. The lowest BCUT2D eigenvalue weighted by atomic mass is 10.1. The molecule has 142 valence electrons. The lowest BCUT2D eigenvalue weighted by Gasteiger charge is -2.13. The average Bonchev–Trinajstić information content (AvgIpc) is 2.70. The van der Waals surface area contributed by atoms with Gasteiger partial charge in [0.1, 0.15) is 0 Å². The summed E-state index contributed by atoms with van der Waals surface area (Å²) in [6, 6.07) is 22.1. The summed E-state index contributed by atoms with van der Waals surface area (Å²) >= 11 is 3.41. The van der Waals surface area contributed by atoms with Gasteiger partial charge in [-0.05, 0) is 64.8 Å². The van der Waals surface area contributed by atoms with Crippen molar-refractivity contribution in [3.8, 4) is 0 Å². The molecule has 0 fully saturated rings. The van der Waals surface area contributed by atoms with Crippen molar-refractivity contribution in [3.05, 3.63) is 88.4 Å². The smallest absolute Gasteiger partial charge is 0.255 e. The van der Waals surface area contributed by atoms with Gasteiger partial charge in [-0.1, -0.05) is 36.4 Å². The molecule has 3 aromatic rings. The van der Waals surface area contributed by atoms with Gasteiger partial charge in [-0.15, -0.1) is 0 Å². The molecule has 0 saturated heterocycles. The molecule has 3 rings (SSSR count). The zero-order chi connectivity index (χ0) is 19.9. The van der Waals surface area contributed by atoms with Gasteiger partial charge in [0.25, 0.3) is 5.91 Å². The molecule has 0 saturated carbocycles. The molecule has 0 aliphatic carbocycles. The van der Waals surface area contributed by atoms with Crippen LogP contribution in [0.15, 0.2) is 77.3 Å². The van der Waals surface area contributed by atoms with Gasteiger partial charge < -0.3 is 16.0 Å². The van der Waals surface area contributed by atoms with Crippen LogP contribution in [0.3, 0.4) is 0 Å². The summed E-state index contributed by atoms with van der Waals surface area (Å²) < 4.78 is 0.819. The monoisotopic (exact) mass is 437 g/mol. The lowest BCUT2D eigenvalue weighted by molar-refractivity contribution is -0.114. The molecule has 0 atom stereocenters. The Labute approximate surface area is 172 Å². The zero-order valence-electron chi connectivity index (χ0n) is 15.3. The predicted molar refractivity (Wildman–Crippen MR) is 117 cm³/mol. The molecular weight excluding hydrogens is 418 g/mol. The fourth-order valence-corrected chi connectivity index (χ4v) is 2.99. The van der Waals surface area contributed by atoms with Crippen LogP contribution in [0.1, 0.15) is 15.9 Å². The highest BCUT2D eigenvalue weighted by Gasteiger charge is 2.10. The van der Waals surface area contributed by atoms with Crippen molar-refractivity contribution in [1.82, 2.24) is 0 Å². The Morgan fingerprint density at radius 2 is 1.57 bits per heavy atom. The first-order valence-corrected chi connectivity index (χ1v) is 9.57.